The zero-order chi connectivity index (χ0) is 8.65. The lowest BCUT2D eigenvalue weighted by atomic mass is 9.82. The van der Waals surface area contributed by atoms with Crippen LogP contribution in [0, 0.1) is 5.92 Å². The summed E-state index contributed by atoms with van der Waals surface area (Å²) in [6.07, 6.45) is 8.02. The van der Waals surface area contributed by atoms with Crippen LogP contribution in [-0.4, -0.2) is 24.8 Å². The highest BCUT2D eigenvalue weighted by molar-refractivity contribution is 4.69. The maximum Gasteiger partial charge on any atom is 0.0443 e. The van der Waals surface area contributed by atoms with Crippen LogP contribution in [0.25, 0.3) is 0 Å². The van der Waals surface area contributed by atoms with Gasteiger partial charge < -0.3 is 10.4 Å². The molecule has 2 N–H and O–H groups in total. The van der Waals surface area contributed by atoms with Crippen LogP contribution in [0.1, 0.15) is 38.5 Å². The van der Waals surface area contributed by atoms with E-state index in [0.717, 1.165) is 25.4 Å². The summed E-state index contributed by atoms with van der Waals surface area (Å²) in [7, 11) is 0. The number of rotatable bonds is 7. The lowest BCUT2D eigenvalue weighted by Gasteiger charge is -2.25. The molecule has 1 rings (SSSR count). The summed E-state index contributed by atoms with van der Waals surface area (Å²) in [5.41, 5.74) is 0. The highest BCUT2D eigenvalue weighted by Crippen LogP contribution is 2.29. The molecule has 0 heterocycles. The van der Waals surface area contributed by atoms with Gasteiger partial charge in [-0.15, -0.1) is 0 Å². The predicted octanol–water partition coefficient (Wildman–Crippen LogP) is 1.54. The molecule has 0 spiro atoms. The van der Waals surface area contributed by atoms with E-state index >= 15 is 0 Å². The maximum atomic E-state index is 8.52. The number of hydrogen-bond acceptors (Lipinski definition) is 2. The molecule has 0 aromatic carbocycles. The van der Waals surface area contributed by atoms with Crippen LogP contribution < -0.4 is 5.32 Å². The highest BCUT2D eigenvalue weighted by atomic mass is 16.3. The fourth-order valence-electron chi connectivity index (χ4n) is 1.63. The summed E-state index contributed by atoms with van der Waals surface area (Å²) in [5.74, 6) is 1.05. The van der Waals surface area contributed by atoms with Crippen molar-refractivity contribution in [1.82, 2.24) is 5.32 Å². The Bertz CT molecular complexity index is 102. The zero-order valence-electron chi connectivity index (χ0n) is 7.89. The van der Waals surface area contributed by atoms with Crippen LogP contribution in [0.3, 0.4) is 0 Å². The second-order valence-electron chi connectivity index (χ2n) is 3.77. The largest absolute Gasteiger partial charge is 0.396 e. The molecule has 0 radical (unpaired) electrons. The molecule has 0 amide bonds. The van der Waals surface area contributed by atoms with Crippen LogP contribution >= 0.6 is 0 Å². The first-order chi connectivity index (χ1) is 5.93. The maximum absolute atomic E-state index is 8.52. The van der Waals surface area contributed by atoms with E-state index in [2.05, 4.69) is 5.32 Å². The van der Waals surface area contributed by atoms with Gasteiger partial charge in [0.25, 0.3) is 0 Å². The van der Waals surface area contributed by atoms with Crippen molar-refractivity contribution in [2.45, 2.75) is 38.5 Å². The van der Waals surface area contributed by atoms with E-state index in [1.807, 2.05) is 0 Å². The second-order valence-corrected chi connectivity index (χ2v) is 3.77. The molecule has 0 aromatic rings. The van der Waals surface area contributed by atoms with Gasteiger partial charge in [-0.1, -0.05) is 19.3 Å². The van der Waals surface area contributed by atoms with Crippen molar-refractivity contribution >= 4 is 0 Å². The van der Waals surface area contributed by atoms with Gasteiger partial charge in [-0.2, -0.15) is 0 Å². The Morgan fingerprint density at radius 1 is 1.17 bits per heavy atom. The van der Waals surface area contributed by atoms with Gasteiger partial charge in [0.15, 0.2) is 0 Å². The summed E-state index contributed by atoms with van der Waals surface area (Å²) >= 11 is 0. The third-order valence-electron chi connectivity index (χ3n) is 2.70. The van der Waals surface area contributed by atoms with Crippen LogP contribution in [0.5, 0.6) is 0 Å². The molecule has 72 valence electrons. The lowest BCUT2D eigenvalue weighted by molar-refractivity contribution is 0.279. The summed E-state index contributed by atoms with van der Waals surface area (Å²) < 4.78 is 0. The van der Waals surface area contributed by atoms with E-state index in [0.29, 0.717) is 6.61 Å². The van der Waals surface area contributed by atoms with Crippen molar-refractivity contribution in [2.75, 3.05) is 19.7 Å². The van der Waals surface area contributed by atoms with Gasteiger partial charge in [0.2, 0.25) is 0 Å². The smallest absolute Gasteiger partial charge is 0.0443 e. The molecule has 0 saturated heterocycles. The predicted molar refractivity (Wildman–Crippen MR) is 51.1 cm³/mol. The Balaban J connectivity index is 1.70. The summed E-state index contributed by atoms with van der Waals surface area (Å²) in [6, 6.07) is 0. The van der Waals surface area contributed by atoms with E-state index in [1.54, 1.807) is 0 Å². The van der Waals surface area contributed by atoms with Crippen LogP contribution in [0.15, 0.2) is 0 Å². The molecule has 1 aliphatic carbocycles. The summed E-state index contributed by atoms with van der Waals surface area (Å²) in [4.78, 5) is 0. The molecule has 0 aliphatic heterocycles. The van der Waals surface area contributed by atoms with Crippen molar-refractivity contribution in [3.63, 3.8) is 0 Å². The summed E-state index contributed by atoms with van der Waals surface area (Å²) in [5, 5.41) is 11.8. The molecule has 0 bridgehead atoms. The van der Waals surface area contributed by atoms with Gasteiger partial charge in [-0.25, -0.2) is 0 Å². The van der Waals surface area contributed by atoms with Crippen molar-refractivity contribution in [3.05, 3.63) is 0 Å². The molecule has 1 saturated carbocycles. The SMILES string of the molecule is OCCCNCCCC1CCC1. The van der Waals surface area contributed by atoms with Crippen molar-refractivity contribution < 1.29 is 5.11 Å². The molecule has 0 atom stereocenters. The van der Waals surface area contributed by atoms with Gasteiger partial charge in [0, 0.05) is 6.61 Å². The fraction of sp³-hybridized carbons (Fsp3) is 1.00. The molecule has 1 aliphatic rings. The minimum absolute atomic E-state index is 0.315. The highest BCUT2D eigenvalue weighted by Gasteiger charge is 2.15. The first-order valence-corrected chi connectivity index (χ1v) is 5.25. The average molecular weight is 171 g/mol. The molecular weight excluding hydrogens is 150 g/mol. The average Bonchev–Trinajstić information content (AvgIpc) is 2.00. The van der Waals surface area contributed by atoms with E-state index < -0.39 is 0 Å². The molecule has 0 aromatic heterocycles. The van der Waals surface area contributed by atoms with E-state index in [-0.39, 0.29) is 0 Å². The van der Waals surface area contributed by atoms with E-state index in [9.17, 15) is 0 Å². The van der Waals surface area contributed by atoms with Gasteiger partial charge in [-0.3, -0.25) is 0 Å². The normalized spacial score (nSPS) is 17.8. The van der Waals surface area contributed by atoms with Crippen LogP contribution in [0.4, 0.5) is 0 Å². The lowest BCUT2D eigenvalue weighted by Crippen LogP contribution is -2.19. The number of nitrogens with one attached hydrogen (secondary N) is 1. The van der Waals surface area contributed by atoms with Crippen molar-refractivity contribution in [3.8, 4) is 0 Å². The Hall–Kier alpha value is -0.0800. The first-order valence-electron chi connectivity index (χ1n) is 5.25. The molecule has 12 heavy (non-hydrogen) atoms. The monoisotopic (exact) mass is 171 g/mol. The van der Waals surface area contributed by atoms with Gasteiger partial charge in [0.05, 0.1) is 0 Å². The van der Waals surface area contributed by atoms with Crippen molar-refractivity contribution in [2.24, 2.45) is 5.92 Å². The third kappa shape index (κ3) is 4.07. The summed E-state index contributed by atoms with van der Waals surface area (Å²) in [6.45, 7) is 2.42. The Kier molecular flexibility index (Phi) is 5.37. The topological polar surface area (TPSA) is 32.3 Å². The minimum atomic E-state index is 0.315. The van der Waals surface area contributed by atoms with Gasteiger partial charge in [0.1, 0.15) is 0 Å². The number of aliphatic hydroxyl groups is 1. The molecule has 0 unspecified atom stereocenters. The zero-order valence-corrected chi connectivity index (χ0v) is 7.89. The van der Waals surface area contributed by atoms with Gasteiger partial charge in [-0.05, 0) is 38.3 Å². The number of aliphatic hydroxyl groups excluding tert-OH is 1. The van der Waals surface area contributed by atoms with Gasteiger partial charge >= 0.3 is 0 Å². The molecule has 1 fully saturated rings. The first kappa shape index (κ1) is 10.0. The molecule has 2 heteroatoms. The Labute approximate surface area is 75.4 Å². The Morgan fingerprint density at radius 2 is 1.92 bits per heavy atom. The fourth-order valence-corrected chi connectivity index (χ4v) is 1.63. The Morgan fingerprint density at radius 3 is 2.50 bits per heavy atom. The minimum Gasteiger partial charge on any atom is -0.396 e. The third-order valence-corrected chi connectivity index (χ3v) is 2.70. The van der Waals surface area contributed by atoms with Crippen LogP contribution in [-0.2, 0) is 0 Å². The molecule has 2 nitrogen and oxygen atoms in total. The molecular formula is C10H21NO. The quantitative estimate of drug-likeness (QED) is 0.569. The van der Waals surface area contributed by atoms with E-state index in [4.69, 9.17) is 5.11 Å². The standard InChI is InChI=1S/C10H21NO/c12-9-3-8-11-7-2-6-10-4-1-5-10/h10-12H,1-9H2. The second kappa shape index (κ2) is 6.44. The number of hydrogen-bond donors (Lipinski definition) is 2. The van der Waals surface area contributed by atoms with E-state index in [1.165, 1.54) is 32.1 Å². The van der Waals surface area contributed by atoms with Crippen LogP contribution in [0.2, 0.25) is 0 Å². The van der Waals surface area contributed by atoms with Crippen molar-refractivity contribution in [1.29, 1.82) is 0 Å².